The molecule has 0 amide bonds. The zero-order valence-corrected chi connectivity index (χ0v) is 17.9. The first-order valence-corrected chi connectivity index (χ1v) is 11.6. The highest BCUT2D eigenvalue weighted by Gasteiger charge is 2.53. The predicted octanol–water partition coefficient (Wildman–Crippen LogP) is -1.54. The van der Waals surface area contributed by atoms with Gasteiger partial charge in [0.05, 0.1) is 19.1 Å². The summed E-state index contributed by atoms with van der Waals surface area (Å²) in [6.45, 7) is 2.23. The van der Waals surface area contributed by atoms with Crippen molar-refractivity contribution in [1.29, 1.82) is 0 Å². The molecule has 1 heterocycles. The second-order valence-electron chi connectivity index (χ2n) is 6.05. The highest BCUT2D eigenvalue weighted by atomic mass is 32.2. The minimum absolute atomic E-state index is 0.682. The van der Waals surface area contributed by atoms with Gasteiger partial charge in [0.2, 0.25) is 6.29 Å². The Labute approximate surface area is 167 Å². The maximum Gasteiger partial charge on any atom is 0.305 e. The van der Waals surface area contributed by atoms with Crippen LogP contribution >= 0.6 is 0 Å². The van der Waals surface area contributed by atoms with E-state index in [1.165, 1.54) is 0 Å². The van der Waals surface area contributed by atoms with Crippen molar-refractivity contribution < 1.29 is 58.5 Å². The number of hydrogen-bond donors (Lipinski definition) is 0. The zero-order chi connectivity index (χ0) is 22.6. The lowest BCUT2D eigenvalue weighted by Gasteiger charge is -2.43. The predicted molar refractivity (Wildman–Crippen MR) is 92.0 cm³/mol. The van der Waals surface area contributed by atoms with E-state index < -0.39 is 75.5 Å². The molecule has 1 aliphatic heterocycles. The van der Waals surface area contributed by atoms with Gasteiger partial charge in [0, 0.05) is 20.8 Å². The fourth-order valence-corrected chi connectivity index (χ4v) is 3.43. The smallest absolute Gasteiger partial charge is 0.305 e. The Morgan fingerprint density at radius 2 is 1.24 bits per heavy atom. The SMILES string of the molecule is CC(=O)OC1OC(COS(C)(=O)=O)C(OC(C)=O)C(OS(C)(=O)=O)C1OC(C)=O. The molecule has 5 atom stereocenters. The van der Waals surface area contributed by atoms with Crippen LogP contribution in [0.25, 0.3) is 0 Å². The van der Waals surface area contributed by atoms with Crippen molar-refractivity contribution in [2.45, 2.75) is 51.5 Å². The molecule has 0 aliphatic carbocycles. The Morgan fingerprint density at radius 3 is 1.66 bits per heavy atom. The van der Waals surface area contributed by atoms with Gasteiger partial charge in [-0.25, -0.2) is 0 Å². The third-order valence-corrected chi connectivity index (χ3v) is 4.35. The summed E-state index contributed by atoms with van der Waals surface area (Å²) in [4.78, 5) is 34.4. The second-order valence-corrected chi connectivity index (χ2v) is 9.30. The molecule has 29 heavy (non-hydrogen) atoms. The number of carbonyl (C=O) groups excluding carboxylic acids is 3. The molecule has 0 saturated carbocycles. The fourth-order valence-electron chi connectivity index (χ4n) is 2.42. The van der Waals surface area contributed by atoms with Gasteiger partial charge in [0.25, 0.3) is 20.2 Å². The lowest BCUT2D eigenvalue weighted by atomic mass is 9.98. The standard InChI is InChI=1S/C14H22O13S2/c1-7(15)23-11-10(6-22-28(4,18)19)26-14(25-9(3)17)13(24-8(2)16)12(11)27-29(5,20)21/h10-14H,6H2,1-5H3. The average Bonchev–Trinajstić information content (AvgIpc) is 2.48. The van der Waals surface area contributed by atoms with Crippen LogP contribution in [0.1, 0.15) is 20.8 Å². The fraction of sp³-hybridized carbons (Fsp3) is 0.786. The second kappa shape index (κ2) is 9.80. The van der Waals surface area contributed by atoms with Crippen LogP contribution in [0.3, 0.4) is 0 Å². The van der Waals surface area contributed by atoms with E-state index in [0.717, 1.165) is 27.0 Å². The molecule has 0 spiro atoms. The van der Waals surface area contributed by atoms with Gasteiger partial charge in [0.1, 0.15) is 6.10 Å². The van der Waals surface area contributed by atoms with E-state index in [2.05, 4.69) is 4.18 Å². The summed E-state index contributed by atoms with van der Waals surface area (Å²) < 4.78 is 76.0. The molecule has 0 radical (unpaired) electrons. The molecule has 168 valence electrons. The van der Waals surface area contributed by atoms with Gasteiger partial charge < -0.3 is 18.9 Å². The van der Waals surface area contributed by atoms with Gasteiger partial charge in [-0.05, 0) is 0 Å². The summed E-state index contributed by atoms with van der Waals surface area (Å²) in [6, 6.07) is 0. The van der Waals surface area contributed by atoms with Crippen molar-refractivity contribution >= 4 is 38.1 Å². The Kier molecular flexibility index (Phi) is 8.52. The molecular weight excluding hydrogens is 440 g/mol. The molecule has 0 aromatic carbocycles. The Bertz CT molecular complexity index is 832. The monoisotopic (exact) mass is 462 g/mol. The first-order chi connectivity index (χ1) is 13.1. The molecule has 13 nitrogen and oxygen atoms in total. The molecule has 0 bridgehead atoms. The summed E-state index contributed by atoms with van der Waals surface area (Å²) in [6.07, 6.45) is -6.73. The minimum Gasteiger partial charge on any atom is -0.457 e. The summed E-state index contributed by atoms with van der Waals surface area (Å²) in [5.41, 5.74) is 0. The van der Waals surface area contributed by atoms with E-state index in [9.17, 15) is 31.2 Å². The van der Waals surface area contributed by atoms with Gasteiger partial charge in [0.15, 0.2) is 18.3 Å². The first-order valence-electron chi connectivity index (χ1n) is 7.99. The van der Waals surface area contributed by atoms with Crippen molar-refractivity contribution in [2.75, 3.05) is 19.1 Å². The van der Waals surface area contributed by atoms with Crippen molar-refractivity contribution in [3.05, 3.63) is 0 Å². The van der Waals surface area contributed by atoms with Gasteiger partial charge in [-0.15, -0.1) is 0 Å². The van der Waals surface area contributed by atoms with E-state index in [-0.39, 0.29) is 0 Å². The molecule has 1 aliphatic rings. The highest BCUT2D eigenvalue weighted by Crippen LogP contribution is 2.30. The van der Waals surface area contributed by atoms with Crippen LogP contribution in [0.2, 0.25) is 0 Å². The highest BCUT2D eigenvalue weighted by molar-refractivity contribution is 7.86. The largest absolute Gasteiger partial charge is 0.457 e. The maximum absolute atomic E-state index is 11.7. The number of carbonyl (C=O) groups is 3. The van der Waals surface area contributed by atoms with Gasteiger partial charge >= 0.3 is 17.9 Å². The lowest BCUT2D eigenvalue weighted by molar-refractivity contribution is -0.292. The summed E-state index contributed by atoms with van der Waals surface area (Å²) in [5, 5.41) is 0. The van der Waals surface area contributed by atoms with Crippen LogP contribution in [-0.2, 0) is 61.9 Å². The number of rotatable bonds is 8. The Balaban J connectivity index is 3.42. The van der Waals surface area contributed by atoms with Gasteiger partial charge in [-0.1, -0.05) is 0 Å². The van der Waals surface area contributed by atoms with Crippen LogP contribution in [0.15, 0.2) is 0 Å². The molecule has 0 aromatic rings. The molecule has 1 rings (SSSR count). The molecule has 5 unspecified atom stereocenters. The number of ether oxygens (including phenoxy) is 4. The summed E-state index contributed by atoms with van der Waals surface area (Å²) in [7, 11) is -8.19. The van der Waals surface area contributed by atoms with Crippen molar-refractivity contribution in [3.8, 4) is 0 Å². The van der Waals surface area contributed by atoms with Crippen LogP contribution in [0.4, 0.5) is 0 Å². The molecule has 0 N–H and O–H groups in total. The van der Waals surface area contributed by atoms with Crippen LogP contribution in [0.5, 0.6) is 0 Å². The van der Waals surface area contributed by atoms with Crippen molar-refractivity contribution in [1.82, 2.24) is 0 Å². The van der Waals surface area contributed by atoms with E-state index >= 15 is 0 Å². The third-order valence-electron chi connectivity index (χ3n) is 3.21. The number of hydrogen-bond acceptors (Lipinski definition) is 13. The van der Waals surface area contributed by atoms with Crippen LogP contribution < -0.4 is 0 Å². The molecule has 1 saturated heterocycles. The Hall–Kier alpha value is -1.81. The molecule has 0 aromatic heterocycles. The normalized spacial score (nSPS) is 27.7. The molecule has 15 heteroatoms. The summed E-state index contributed by atoms with van der Waals surface area (Å²) in [5.74, 6) is -2.71. The van der Waals surface area contributed by atoms with E-state index in [1.807, 2.05) is 0 Å². The lowest BCUT2D eigenvalue weighted by Crippen LogP contribution is -2.63. The van der Waals surface area contributed by atoms with Crippen LogP contribution in [0, 0.1) is 0 Å². The van der Waals surface area contributed by atoms with Crippen LogP contribution in [-0.4, -0.2) is 84.6 Å². The molecular formula is C14H22O13S2. The summed E-state index contributed by atoms with van der Waals surface area (Å²) >= 11 is 0. The molecule has 1 fully saturated rings. The quantitative estimate of drug-likeness (QED) is 0.231. The maximum atomic E-state index is 11.7. The van der Waals surface area contributed by atoms with E-state index in [1.54, 1.807) is 0 Å². The first kappa shape index (κ1) is 25.2. The number of esters is 3. The third kappa shape index (κ3) is 9.03. The van der Waals surface area contributed by atoms with Crippen molar-refractivity contribution in [3.63, 3.8) is 0 Å². The van der Waals surface area contributed by atoms with Gasteiger partial charge in [-0.2, -0.15) is 16.8 Å². The zero-order valence-electron chi connectivity index (χ0n) is 16.2. The van der Waals surface area contributed by atoms with Crippen molar-refractivity contribution in [2.24, 2.45) is 0 Å². The van der Waals surface area contributed by atoms with E-state index in [4.69, 9.17) is 23.1 Å². The van der Waals surface area contributed by atoms with E-state index in [0.29, 0.717) is 6.26 Å². The van der Waals surface area contributed by atoms with Gasteiger partial charge in [-0.3, -0.25) is 22.7 Å². The minimum atomic E-state index is -4.22. The average molecular weight is 462 g/mol. The Morgan fingerprint density at radius 1 is 0.759 bits per heavy atom. The topological polar surface area (TPSA) is 175 Å².